The van der Waals surface area contributed by atoms with Crippen LogP contribution < -0.4 is 0 Å². The number of esters is 1. The highest BCUT2D eigenvalue weighted by Gasteiger charge is 2.44. The van der Waals surface area contributed by atoms with Crippen LogP contribution in [0.25, 0.3) is 0 Å². The quantitative estimate of drug-likeness (QED) is 0.458. The number of hydrogen-bond acceptors (Lipinski definition) is 4. The van der Waals surface area contributed by atoms with Gasteiger partial charge in [0.25, 0.3) is 0 Å². The van der Waals surface area contributed by atoms with Crippen molar-refractivity contribution in [3.8, 4) is 0 Å². The van der Waals surface area contributed by atoms with Crippen molar-refractivity contribution in [2.24, 2.45) is 5.41 Å². The lowest BCUT2D eigenvalue weighted by Crippen LogP contribution is -2.13. The van der Waals surface area contributed by atoms with Crippen LogP contribution in [0.15, 0.2) is 23.1 Å². The van der Waals surface area contributed by atoms with E-state index in [0.29, 0.717) is 22.6 Å². The Bertz CT molecular complexity index is 538. The molecule has 108 valence electrons. The fraction of sp³-hybridized carbons (Fsp3) is 0.467. The molecule has 2 rings (SSSR count). The molecule has 0 atom stereocenters. The average molecular weight is 296 g/mol. The van der Waals surface area contributed by atoms with Crippen molar-refractivity contribution in [1.82, 2.24) is 0 Å². The van der Waals surface area contributed by atoms with Crippen molar-refractivity contribution in [3.05, 3.63) is 29.6 Å². The van der Waals surface area contributed by atoms with Crippen LogP contribution in [0.2, 0.25) is 0 Å². The second-order valence-electron chi connectivity index (χ2n) is 5.24. The zero-order chi connectivity index (χ0) is 14.8. The van der Waals surface area contributed by atoms with E-state index < -0.39 is 0 Å². The molecule has 1 fully saturated rings. The molecule has 1 aliphatic rings. The Morgan fingerprint density at radius 1 is 1.40 bits per heavy atom. The Hall–Kier alpha value is -1.36. The molecular weight excluding hydrogens is 279 g/mol. The Morgan fingerprint density at radius 2 is 2.10 bits per heavy atom. The summed E-state index contributed by atoms with van der Waals surface area (Å²) in [5, 5.41) is 0. The second-order valence-corrected chi connectivity index (χ2v) is 6.26. The number of ether oxygens (including phenoxy) is 1. The molecule has 0 aliphatic heterocycles. The van der Waals surface area contributed by atoms with Crippen molar-refractivity contribution < 1.29 is 18.7 Å². The monoisotopic (exact) mass is 296 g/mol. The van der Waals surface area contributed by atoms with Crippen molar-refractivity contribution in [2.45, 2.75) is 31.1 Å². The van der Waals surface area contributed by atoms with Gasteiger partial charge in [-0.2, -0.15) is 0 Å². The van der Waals surface area contributed by atoms with E-state index in [2.05, 4.69) is 4.74 Å². The molecule has 0 heterocycles. The molecule has 0 unspecified atom stereocenters. The number of Topliss-reactive ketones (excluding diaryl/α,β-unsaturated/α-hetero) is 1. The Balaban J connectivity index is 1.98. The topological polar surface area (TPSA) is 43.4 Å². The van der Waals surface area contributed by atoms with E-state index >= 15 is 0 Å². The SMILES string of the molecule is COC(=O)CC1(CSc2ccc(C(C)=O)cc2F)CC1. The van der Waals surface area contributed by atoms with Crippen LogP contribution in [0.4, 0.5) is 4.39 Å². The second kappa shape index (κ2) is 5.95. The van der Waals surface area contributed by atoms with Crippen LogP contribution in [-0.4, -0.2) is 24.6 Å². The van der Waals surface area contributed by atoms with Crippen LogP contribution in [0.3, 0.4) is 0 Å². The molecule has 20 heavy (non-hydrogen) atoms. The summed E-state index contributed by atoms with van der Waals surface area (Å²) in [6, 6.07) is 4.53. The number of carbonyl (C=O) groups excluding carboxylic acids is 2. The summed E-state index contributed by atoms with van der Waals surface area (Å²) in [7, 11) is 1.38. The van der Waals surface area contributed by atoms with E-state index in [1.54, 1.807) is 12.1 Å². The van der Waals surface area contributed by atoms with Gasteiger partial charge in [0, 0.05) is 16.2 Å². The first kappa shape index (κ1) is 15.0. The van der Waals surface area contributed by atoms with Gasteiger partial charge in [-0.05, 0) is 37.3 Å². The maximum Gasteiger partial charge on any atom is 0.306 e. The predicted octanol–water partition coefficient (Wildman–Crippen LogP) is 3.46. The highest BCUT2D eigenvalue weighted by molar-refractivity contribution is 7.99. The molecule has 0 spiro atoms. The molecule has 0 bridgehead atoms. The van der Waals surface area contributed by atoms with Crippen LogP contribution in [0.5, 0.6) is 0 Å². The minimum absolute atomic E-state index is 0.0382. The normalized spacial score (nSPS) is 15.8. The Labute approximate surface area is 121 Å². The van der Waals surface area contributed by atoms with Gasteiger partial charge < -0.3 is 4.74 Å². The minimum Gasteiger partial charge on any atom is -0.469 e. The van der Waals surface area contributed by atoms with E-state index in [-0.39, 0.29) is 23.0 Å². The summed E-state index contributed by atoms with van der Waals surface area (Å²) in [6.07, 6.45) is 2.34. The van der Waals surface area contributed by atoms with Crippen LogP contribution in [0.1, 0.15) is 36.5 Å². The fourth-order valence-corrected chi connectivity index (χ4v) is 3.21. The zero-order valence-electron chi connectivity index (χ0n) is 11.6. The van der Waals surface area contributed by atoms with Gasteiger partial charge in [-0.25, -0.2) is 4.39 Å². The van der Waals surface area contributed by atoms with Gasteiger partial charge in [-0.15, -0.1) is 11.8 Å². The third-order valence-corrected chi connectivity index (χ3v) is 4.98. The first-order chi connectivity index (χ1) is 9.46. The number of carbonyl (C=O) groups is 2. The number of ketones is 1. The molecule has 0 amide bonds. The molecule has 1 aromatic rings. The maximum atomic E-state index is 13.9. The maximum absolute atomic E-state index is 13.9. The van der Waals surface area contributed by atoms with Gasteiger partial charge in [0.1, 0.15) is 5.82 Å². The van der Waals surface area contributed by atoms with Crippen LogP contribution in [0, 0.1) is 11.2 Å². The molecular formula is C15H17FO3S. The summed E-state index contributed by atoms with van der Waals surface area (Å²) in [5.74, 6) is -0.0461. The number of halogens is 1. The predicted molar refractivity (Wildman–Crippen MR) is 75.4 cm³/mol. The summed E-state index contributed by atoms with van der Waals surface area (Å²) in [5.41, 5.74) is 0.339. The van der Waals surface area contributed by atoms with Crippen LogP contribution in [-0.2, 0) is 9.53 Å². The molecule has 0 radical (unpaired) electrons. The van der Waals surface area contributed by atoms with E-state index in [1.165, 1.54) is 31.9 Å². The standard InChI is InChI=1S/C15H17FO3S/c1-10(17)11-3-4-13(12(16)7-11)20-9-15(5-6-15)8-14(18)19-2/h3-4,7H,5-6,8-9H2,1-2H3. The smallest absolute Gasteiger partial charge is 0.306 e. The minimum atomic E-state index is -0.378. The van der Waals surface area contributed by atoms with Gasteiger partial charge in [-0.3, -0.25) is 9.59 Å². The van der Waals surface area contributed by atoms with Gasteiger partial charge in [-0.1, -0.05) is 6.07 Å². The number of hydrogen-bond donors (Lipinski definition) is 0. The molecule has 1 aromatic carbocycles. The Kier molecular flexibility index (Phi) is 4.48. The summed E-state index contributed by atoms with van der Waals surface area (Å²) < 4.78 is 18.6. The van der Waals surface area contributed by atoms with Gasteiger partial charge in [0.2, 0.25) is 0 Å². The highest BCUT2D eigenvalue weighted by atomic mass is 32.2. The van der Waals surface area contributed by atoms with Crippen molar-refractivity contribution >= 4 is 23.5 Å². The fourth-order valence-electron chi connectivity index (χ4n) is 2.00. The van der Waals surface area contributed by atoms with Crippen molar-refractivity contribution in [3.63, 3.8) is 0 Å². The lowest BCUT2D eigenvalue weighted by Gasteiger charge is -2.13. The Morgan fingerprint density at radius 3 is 2.60 bits per heavy atom. The highest BCUT2D eigenvalue weighted by Crippen LogP contribution is 2.52. The summed E-state index contributed by atoms with van der Waals surface area (Å²) in [6.45, 7) is 1.41. The van der Waals surface area contributed by atoms with Gasteiger partial charge in [0.15, 0.2) is 5.78 Å². The van der Waals surface area contributed by atoms with Gasteiger partial charge >= 0.3 is 5.97 Å². The van der Waals surface area contributed by atoms with Crippen LogP contribution >= 0.6 is 11.8 Å². The first-order valence-electron chi connectivity index (χ1n) is 6.46. The first-order valence-corrected chi connectivity index (χ1v) is 7.44. The molecule has 3 nitrogen and oxygen atoms in total. The van der Waals surface area contributed by atoms with E-state index in [0.717, 1.165) is 12.8 Å². The van der Waals surface area contributed by atoms with E-state index in [9.17, 15) is 14.0 Å². The molecule has 0 saturated heterocycles. The number of thioether (sulfide) groups is 1. The number of methoxy groups -OCH3 is 1. The number of rotatable bonds is 6. The number of benzene rings is 1. The zero-order valence-corrected chi connectivity index (χ0v) is 12.4. The molecule has 5 heteroatoms. The largest absolute Gasteiger partial charge is 0.469 e. The summed E-state index contributed by atoms with van der Waals surface area (Å²) in [4.78, 5) is 23.0. The third-order valence-electron chi connectivity index (χ3n) is 3.58. The van der Waals surface area contributed by atoms with Crippen molar-refractivity contribution in [2.75, 3.05) is 12.9 Å². The average Bonchev–Trinajstić information content (AvgIpc) is 3.17. The lowest BCUT2D eigenvalue weighted by atomic mass is 10.1. The molecule has 1 aliphatic carbocycles. The lowest BCUT2D eigenvalue weighted by molar-refractivity contribution is -0.141. The third kappa shape index (κ3) is 3.60. The molecule has 0 N–H and O–H groups in total. The van der Waals surface area contributed by atoms with E-state index in [1.807, 2.05) is 0 Å². The molecule has 1 saturated carbocycles. The van der Waals surface area contributed by atoms with E-state index in [4.69, 9.17) is 0 Å². The summed E-state index contributed by atoms with van der Waals surface area (Å²) >= 11 is 1.40. The van der Waals surface area contributed by atoms with Gasteiger partial charge in [0.05, 0.1) is 13.5 Å². The molecule has 0 aromatic heterocycles. The van der Waals surface area contributed by atoms with Crippen molar-refractivity contribution in [1.29, 1.82) is 0 Å².